The smallest absolute Gasteiger partial charge is 0.153 e. The first kappa shape index (κ1) is 15.0. The summed E-state index contributed by atoms with van der Waals surface area (Å²) in [5.41, 5.74) is -0.115. The van der Waals surface area contributed by atoms with Gasteiger partial charge in [-0.2, -0.15) is 0 Å². The molecular formula is C16H29NO2. The van der Waals surface area contributed by atoms with Crippen molar-refractivity contribution in [2.75, 3.05) is 26.3 Å². The molecule has 0 radical (unpaired) electrons. The van der Waals surface area contributed by atoms with E-state index in [4.69, 9.17) is 4.74 Å². The van der Waals surface area contributed by atoms with Gasteiger partial charge in [0.2, 0.25) is 0 Å². The zero-order valence-electron chi connectivity index (χ0n) is 12.5. The van der Waals surface area contributed by atoms with E-state index in [2.05, 4.69) is 11.8 Å². The normalized spacial score (nSPS) is 23.6. The van der Waals surface area contributed by atoms with Crippen molar-refractivity contribution in [3.05, 3.63) is 0 Å². The van der Waals surface area contributed by atoms with Crippen molar-refractivity contribution in [2.45, 2.75) is 70.3 Å². The van der Waals surface area contributed by atoms with Gasteiger partial charge in [0.25, 0.3) is 0 Å². The zero-order chi connectivity index (χ0) is 13.6. The van der Waals surface area contributed by atoms with Crippen molar-refractivity contribution in [1.82, 2.24) is 4.90 Å². The number of rotatable bonds is 7. The van der Waals surface area contributed by atoms with Crippen molar-refractivity contribution in [3.63, 3.8) is 0 Å². The minimum Gasteiger partial charge on any atom is -0.379 e. The summed E-state index contributed by atoms with van der Waals surface area (Å²) in [4.78, 5) is 15.2. The number of nitrogens with zero attached hydrogens (tertiary/aromatic N) is 1. The van der Waals surface area contributed by atoms with E-state index in [1.807, 2.05) is 0 Å². The lowest BCUT2D eigenvalue weighted by Gasteiger charge is -2.42. The van der Waals surface area contributed by atoms with Gasteiger partial charge in [-0.25, -0.2) is 0 Å². The Kier molecular flexibility index (Phi) is 5.83. The van der Waals surface area contributed by atoms with Gasteiger partial charge in [0.1, 0.15) is 0 Å². The molecule has 0 aromatic heterocycles. The molecule has 0 aromatic carbocycles. The van der Waals surface area contributed by atoms with Crippen molar-refractivity contribution < 1.29 is 9.53 Å². The summed E-state index contributed by atoms with van der Waals surface area (Å²) < 4.78 is 5.44. The summed E-state index contributed by atoms with van der Waals surface area (Å²) in [5, 5.41) is 0. The minimum absolute atomic E-state index is 0.115. The Morgan fingerprint density at radius 3 is 2.42 bits per heavy atom. The molecule has 0 amide bonds. The molecule has 0 N–H and O–H groups in total. The van der Waals surface area contributed by atoms with Gasteiger partial charge in [-0.05, 0) is 19.3 Å². The second-order valence-electron chi connectivity index (χ2n) is 6.07. The van der Waals surface area contributed by atoms with Crippen LogP contribution >= 0.6 is 0 Å². The first-order chi connectivity index (χ1) is 9.29. The Morgan fingerprint density at radius 1 is 1.11 bits per heavy atom. The van der Waals surface area contributed by atoms with Gasteiger partial charge in [-0.3, -0.25) is 9.69 Å². The molecule has 3 heteroatoms. The Balaban J connectivity index is 1.91. The molecule has 0 bridgehead atoms. The molecule has 2 rings (SSSR count). The van der Waals surface area contributed by atoms with Gasteiger partial charge in [0, 0.05) is 19.5 Å². The van der Waals surface area contributed by atoms with Gasteiger partial charge in [-0.15, -0.1) is 0 Å². The van der Waals surface area contributed by atoms with Crippen molar-refractivity contribution in [2.24, 2.45) is 0 Å². The highest BCUT2D eigenvalue weighted by atomic mass is 16.5. The average molecular weight is 267 g/mol. The van der Waals surface area contributed by atoms with E-state index in [1.54, 1.807) is 0 Å². The second-order valence-corrected chi connectivity index (χ2v) is 6.07. The fourth-order valence-electron chi connectivity index (χ4n) is 3.67. The minimum atomic E-state index is -0.115. The van der Waals surface area contributed by atoms with Crippen LogP contribution in [0.3, 0.4) is 0 Å². The van der Waals surface area contributed by atoms with Crippen LogP contribution < -0.4 is 0 Å². The number of unbranched alkanes of at least 4 members (excludes halogenated alkanes) is 3. The number of hydrogen-bond donors (Lipinski definition) is 0. The Hall–Kier alpha value is -0.410. The lowest BCUT2D eigenvalue weighted by Crippen LogP contribution is -2.56. The zero-order valence-corrected chi connectivity index (χ0v) is 12.5. The summed E-state index contributed by atoms with van der Waals surface area (Å²) in [6, 6.07) is 0. The van der Waals surface area contributed by atoms with E-state index in [0.717, 1.165) is 52.0 Å². The molecule has 110 valence electrons. The van der Waals surface area contributed by atoms with Crippen LogP contribution in [0.5, 0.6) is 0 Å². The van der Waals surface area contributed by atoms with Crippen LogP contribution in [0.1, 0.15) is 64.7 Å². The van der Waals surface area contributed by atoms with Crippen molar-refractivity contribution in [1.29, 1.82) is 0 Å². The number of Topliss-reactive ketones (excluding diaryl/α,β-unsaturated/α-hetero) is 1. The number of carbonyl (C=O) groups is 1. The van der Waals surface area contributed by atoms with E-state index in [0.29, 0.717) is 5.78 Å². The van der Waals surface area contributed by atoms with E-state index < -0.39 is 0 Å². The van der Waals surface area contributed by atoms with Crippen LogP contribution in [0, 0.1) is 0 Å². The maximum absolute atomic E-state index is 12.7. The molecule has 1 aliphatic carbocycles. The average Bonchev–Trinajstić information content (AvgIpc) is 2.95. The van der Waals surface area contributed by atoms with Crippen molar-refractivity contribution in [3.8, 4) is 0 Å². The molecule has 19 heavy (non-hydrogen) atoms. The standard InChI is InChI=1S/C16H29NO2/c1-2-3-4-5-8-15(18)16(9-6-7-10-16)17-11-13-19-14-12-17/h2-14H2,1H3. The van der Waals surface area contributed by atoms with E-state index in [-0.39, 0.29) is 5.54 Å². The van der Waals surface area contributed by atoms with E-state index in [1.165, 1.54) is 32.1 Å². The van der Waals surface area contributed by atoms with Gasteiger partial charge < -0.3 is 4.74 Å². The Bertz CT molecular complexity index is 278. The van der Waals surface area contributed by atoms with Gasteiger partial charge in [0.05, 0.1) is 18.8 Å². The molecule has 0 spiro atoms. The molecule has 1 saturated heterocycles. The fraction of sp³-hybridized carbons (Fsp3) is 0.938. The molecular weight excluding hydrogens is 238 g/mol. The molecule has 2 fully saturated rings. The van der Waals surface area contributed by atoms with Gasteiger partial charge in [-0.1, -0.05) is 39.0 Å². The molecule has 0 atom stereocenters. The predicted molar refractivity (Wildman–Crippen MR) is 77.4 cm³/mol. The highest BCUT2D eigenvalue weighted by Gasteiger charge is 2.45. The number of morpholine rings is 1. The molecule has 2 aliphatic rings. The summed E-state index contributed by atoms with van der Waals surface area (Å²) in [6.45, 7) is 5.70. The van der Waals surface area contributed by atoms with Crippen LogP contribution in [0.4, 0.5) is 0 Å². The van der Waals surface area contributed by atoms with E-state index >= 15 is 0 Å². The highest BCUT2D eigenvalue weighted by molar-refractivity contribution is 5.88. The van der Waals surface area contributed by atoms with Crippen LogP contribution in [0.25, 0.3) is 0 Å². The number of carbonyl (C=O) groups excluding carboxylic acids is 1. The van der Waals surface area contributed by atoms with Gasteiger partial charge in [0.15, 0.2) is 5.78 Å². The molecule has 1 heterocycles. The summed E-state index contributed by atoms with van der Waals surface area (Å²) in [5.74, 6) is 0.517. The highest BCUT2D eigenvalue weighted by Crippen LogP contribution is 2.37. The Morgan fingerprint density at radius 2 is 1.79 bits per heavy atom. The third-order valence-electron chi connectivity index (χ3n) is 4.82. The third-order valence-corrected chi connectivity index (χ3v) is 4.82. The van der Waals surface area contributed by atoms with E-state index in [9.17, 15) is 4.79 Å². The van der Waals surface area contributed by atoms with Crippen LogP contribution in [0.2, 0.25) is 0 Å². The monoisotopic (exact) mass is 267 g/mol. The first-order valence-electron chi connectivity index (χ1n) is 8.16. The van der Waals surface area contributed by atoms with Crippen LogP contribution in [-0.2, 0) is 9.53 Å². The maximum atomic E-state index is 12.7. The lowest BCUT2D eigenvalue weighted by atomic mass is 9.86. The quantitative estimate of drug-likeness (QED) is 0.664. The SMILES string of the molecule is CCCCCCC(=O)C1(N2CCOCC2)CCCC1. The molecule has 3 nitrogen and oxygen atoms in total. The fourth-order valence-corrected chi connectivity index (χ4v) is 3.67. The van der Waals surface area contributed by atoms with Crippen LogP contribution in [-0.4, -0.2) is 42.5 Å². The summed E-state index contributed by atoms with van der Waals surface area (Å²) in [6.07, 6.45) is 10.2. The lowest BCUT2D eigenvalue weighted by molar-refractivity contribution is -0.134. The number of hydrogen-bond acceptors (Lipinski definition) is 3. The third kappa shape index (κ3) is 3.57. The first-order valence-corrected chi connectivity index (χ1v) is 8.16. The molecule has 0 unspecified atom stereocenters. The molecule has 0 aromatic rings. The van der Waals surface area contributed by atoms with Crippen molar-refractivity contribution >= 4 is 5.78 Å². The predicted octanol–water partition coefficient (Wildman–Crippen LogP) is 3.17. The largest absolute Gasteiger partial charge is 0.379 e. The summed E-state index contributed by atoms with van der Waals surface area (Å²) in [7, 11) is 0. The molecule has 1 aliphatic heterocycles. The van der Waals surface area contributed by atoms with Gasteiger partial charge >= 0.3 is 0 Å². The second kappa shape index (κ2) is 7.39. The number of ether oxygens (including phenoxy) is 1. The molecule has 1 saturated carbocycles. The van der Waals surface area contributed by atoms with Crippen LogP contribution in [0.15, 0.2) is 0 Å². The Labute approximate surface area is 117 Å². The number of ketones is 1. The summed E-state index contributed by atoms with van der Waals surface area (Å²) >= 11 is 0. The topological polar surface area (TPSA) is 29.5 Å². The maximum Gasteiger partial charge on any atom is 0.153 e.